The number of nitrogens with zero attached hydrogens (tertiary/aromatic N) is 2. The third-order valence-corrected chi connectivity index (χ3v) is 5.47. The molecule has 3 heteroatoms. The van der Waals surface area contributed by atoms with E-state index in [9.17, 15) is 4.79 Å². The number of likely N-dealkylation sites (tertiary alicyclic amines) is 1. The van der Waals surface area contributed by atoms with Gasteiger partial charge in [0.2, 0.25) is 5.91 Å². The van der Waals surface area contributed by atoms with Crippen LogP contribution in [-0.4, -0.2) is 47.9 Å². The van der Waals surface area contributed by atoms with E-state index in [1.807, 2.05) is 0 Å². The number of carbonyl (C=O) groups is 1. The van der Waals surface area contributed by atoms with Gasteiger partial charge in [-0.1, -0.05) is 38.1 Å². The van der Waals surface area contributed by atoms with Gasteiger partial charge in [0.25, 0.3) is 0 Å². The summed E-state index contributed by atoms with van der Waals surface area (Å²) in [6, 6.07) is 9.53. The summed E-state index contributed by atoms with van der Waals surface area (Å²) < 4.78 is 0. The highest BCUT2D eigenvalue weighted by atomic mass is 16.2. The summed E-state index contributed by atoms with van der Waals surface area (Å²) in [5.41, 5.74) is 2.52. The van der Waals surface area contributed by atoms with Gasteiger partial charge in [-0.2, -0.15) is 0 Å². The number of hydrogen-bond donors (Lipinski definition) is 0. The Labute approximate surface area is 134 Å². The van der Waals surface area contributed by atoms with Crippen LogP contribution < -0.4 is 0 Å². The maximum Gasteiger partial charge on any atom is 0.227 e. The third-order valence-electron chi connectivity index (χ3n) is 5.47. The van der Waals surface area contributed by atoms with Crippen molar-refractivity contribution >= 4 is 5.91 Å². The maximum atomic E-state index is 12.7. The Kier molecular flexibility index (Phi) is 4.53. The standard InChI is InChI=1S/C19H28N2O/c1-4-14(2)16-7-5-15(6-8-16)11-19(22)21-17-9-10-18(21)13-20(3)12-17/h5-8,14,17-18H,4,9-13H2,1-3H3. The van der Waals surface area contributed by atoms with Crippen molar-refractivity contribution in [2.75, 3.05) is 20.1 Å². The molecule has 2 heterocycles. The lowest BCUT2D eigenvalue weighted by molar-refractivity contribution is -0.135. The van der Waals surface area contributed by atoms with Crippen molar-refractivity contribution in [3.05, 3.63) is 35.4 Å². The van der Waals surface area contributed by atoms with E-state index in [-0.39, 0.29) is 0 Å². The predicted octanol–water partition coefficient (Wildman–Crippen LogP) is 3.05. The van der Waals surface area contributed by atoms with Gasteiger partial charge in [0, 0.05) is 25.2 Å². The number of fused-ring (bicyclic) bond motifs is 2. The number of amides is 1. The lowest BCUT2D eigenvalue weighted by Gasteiger charge is -2.39. The topological polar surface area (TPSA) is 23.6 Å². The van der Waals surface area contributed by atoms with Crippen molar-refractivity contribution in [2.24, 2.45) is 0 Å². The lowest BCUT2D eigenvalue weighted by Crippen LogP contribution is -2.55. The average Bonchev–Trinajstić information content (AvgIpc) is 2.79. The van der Waals surface area contributed by atoms with Crippen molar-refractivity contribution in [3.63, 3.8) is 0 Å². The first-order valence-corrected chi connectivity index (χ1v) is 8.67. The second-order valence-electron chi connectivity index (χ2n) is 7.13. The second-order valence-corrected chi connectivity index (χ2v) is 7.13. The molecule has 1 aromatic rings. The largest absolute Gasteiger partial charge is 0.334 e. The highest BCUT2D eigenvalue weighted by molar-refractivity contribution is 5.80. The molecule has 2 aliphatic heterocycles. The molecule has 1 amide bonds. The van der Waals surface area contributed by atoms with Crippen molar-refractivity contribution < 1.29 is 4.79 Å². The van der Waals surface area contributed by atoms with Crippen molar-refractivity contribution in [1.82, 2.24) is 9.80 Å². The normalized spacial score (nSPS) is 26.2. The van der Waals surface area contributed by atoms with Crippen molar-refractivity contribution in [3.8, 4) is 0 Å². The monoisotopic (exact) mass is 300 g/mol. The van der Waals surface area contributed by atoms with E-state index >= 15 is 0 Å². The molecule has 3 rings (SSSR count). The van der Waals surface area contributed by atoms with E-state index < -0.39 is 0 Å². The second kappa shape index (κ2) is 6.41. The molecule has 0 radical (unpaired) electrons. The molecule has 0 spiro atoms. The average molecular weight is 300 g/mol. The molecule has 0 aliphatic carbocycles. The number of carbonyl (C=O) groups excluding carboxylic acids is 1. The van der Waals surface area contributed by atoms with Crippen LogP contribution in [0.25, 0.3) is 0 Å². The molecular formula is C19H28N2O. The fraction of sp³-hybridized carbons (Fsp3) is 0.632. The Morgan fingerprint density at radius 3 is 2.32 bits per heavy atom. The van der Waals surface area contributed by atoms with Crippen molar-refractivity contribution in [1.29, 1.82) is 0 Å². The molecular weight excluding hydrogens is 272 g/mol. The van der Waals surface area contributed by atoms with Crippen LogP contribution in [0.15, 0.2) is 24.3 Å². The van der Waals surface area contributed by atoms with Gasteiger partial charge in [-0.3, -0.25) is 4.79 Å². The Morgan fingerprint density at radius 1 is 1.18 bits per heavy atom. The minimum atomic E-state index is 0.317. The summed E-state index contributed by atoms with van der Waals surface area (Å²) in [6.45, 7) is 6.54. The van der Waals surface area contributed by atoms with E-state index in [1.54, 1.807) is 0 Å². The maximum absolute atomic E-state index is 12.7. The Balaban J connectivity index is 1.65. The first-order chi connectivity index (χ1) is 10.6. The summed E-state index contributed by atoms with van der Waals surface area (Å²) in [6.07, 6.45) is 4.06. The number of piperazine rings is 1. The van der Waals surface area contributed by atoms with Crippen LogP contribution in [0.3, 0.4) is 0 Å². The molecule has 2 bridgehead atoms. The lowest BCUT2D eigenvalue weighted by atomic mass is 9.97. The molecule has 0 aromatic heterocycles. The SMILES string of the molecule is CCC(C)c1ccc(CC(=O)N2C3CCC2CN(C)C3)cc1. The molecule has 3 unspecified atom stereocenters. The van der Waals surface area contributed by atoms with E-state index in [1.165, 1.54) is 18.4 Å². The third kappa shape index (κ3) is 3.05. The van der Waals surface area contributed by atoms with E-state index in [0.29, 0.717) is 30.3 Å². The van der Waals surface area contributed by atoms with E-state index in [0.717, 1.165) is 25.1 Å². The number of benzene rings is 1. The number of likely N-dealkylation sites (N-methyl/N-ethyl adjacent to an activating group) is 1. The van der Waals surface area contributed by atoms with Gasteiger partial charge in [0.1, 0.15) is 0 Å². The van der Waals surface area contributed by atoms with Gasteiger partial charge in [0.05, 0.1) is 6.42 Å². The summed E-state index contributed by atoms with van der Waals surface area (Å²) in [5, 5.41) is 0. The molecule has 120 valence electrons. The van der Waals surface area contributed by atoms with E-state index in [4.69, 9.17) is 0 Å². The van der Waals surface area contributed by atoms with E-state index in [2.05, 4.69) is 55.0 Å². The molecule has 2 aliphatic rings. The predicted molar refractivity (Wildman–Crippen MR) is 90.0 cm³/mol. The Hall–Kier alpha value is -1.35. The van der Waals surface area contributed by atoms with Crippen LogP contribution in [-0.2, 0) is 11.2 Å². The number of rotatable bonds is 4. The van der Waals surface area contributed by atoms with Gasteiger partial charge in [-0.15, -0.1) is 0 Å². The van der Waals surface area contributed by atoms with Gasteiger partial charge in [-0.25, -0.2) is 0 Å². The molecule has 22 heavy (non-hydrogen) atoms. The summed E-state index contributed by atoms with van der Waals surface area (Å²) >= 11 is 0. The quantitative estimate of drug-likeness (QED) is 0.853. The molecule has 2 fully saturated rings. The minimum Gasteiger partial charge on any atom is -0.334 e. The highest BCUT2D eigenvalue weighted by Gasteiger charge is 2.41. The number of hydrogen-bond acceptors (Lipinski definition) is 2. The minimum absolute atomic E-state index is 0.317. The van der Waals surface area contributed by atoms with Crippen LogP contribution in [0.4, 0.5) is 0 Å². The van der Waals surface area contributed by atoms with Gasteiger partial charge < -0.3 is 9.80 Å². The van der Waals surface area contributed by atoms with Gasteiger partial charge in [0.15, 0.2) is 0 Å². The summed E-state index contributed by atoms with van der Waals surface area (Å²) in [4.78, 5) is 17.3. The van der Waals surface area contributed by atoms with Crippen LogP contribution in [0.2, 0.25) is 0 Å². The van der Waals surface area contributed by atoms with Gasteiger partial charge >= 0.3 is 0 Å². The van der Waals surface area contributed by atoms with Crippen LogP contribution in [0, 0.1) is 0 Å². The molecule has 3 atom stereocenters. The fourth-order valence-electron chi connectivity index (χ4n) is 3.99. The summed E-state index contributed by atoms with van der Waals surface area (Å²) in [5.74, 6) is 0.912. The molecule has 1 aromatic carbocycles. The first kappa shape index (κ1) is 15.5. The van der Waals surface area contributed by atoms with Crippen molar-refractivity contribution in [2.45, 2.75) is 57.5 Å². The smallest absolute Gasteiger partial charge is 0.227 e. The molecule has 0 saturated carbocycles. The van der Waals surface area contributed by atoms with Crippen LogP contribution in [0.5, 0.6) is 0 Å². The summed E-state index contributed by atoms with van der Waals surface area (Å²) in [7, 11) is 2.17. The van der Waals surface area contributed by atoms with Crippen LogP contribution in [0.1, 0.15) is 50.2 Å². The highest BCUT2D eigenvalue weighted by Crippen LogP contribution is 2.30. The Morgan fingerprint density at radius 2 is 1.77 bits per heavy atom. The van der Waals surface area contributed by atoms with Crippen LogP contribution >= 0.6 is 0 Å². The zero-order valence-electron chi connectivity index (χ0n) is 14.1. The zero-order chi connectivity index (χ0) is 15.7. The molecule has 2 saturated heterocycles. The van der Waals surface area contributed by atoms with Gasteiger partial charge in [-0.05, 0) is 43.4 Å². The Bertz CT molecular complexity index is 511. The fourth-order valence-corrected chi connectivity index (χ4v) is 3.99. The molecule has 0 N–H and O–H groups in total. The molecule has 3 nitrogen and oxygen atoms in total. The zero-order valence-corrected chi connectivity index (χ0v) is 14.1. The first-order valence-electron chi connectivity index (χ1n) is 8.67.